The molecule has 1 atom stereocenters. The molecular formula is C9H17N5O2S. The molecule has 0 saturated carbocycles. The predicted octanol–water partition coefficient (Wildman–Crippen LogP) is 0.502. The van der Waals surface area contributed by atoms with E-state index in [1.807, 2.05) is 0 Å². The van der Waals surface area contributed by atoms with Gasteiger partial charge in [0.2, 0.25) is 0 Å². The van der Waals surface area contributed by atoms with Gasteiger partial charge >= 0.3 is 10.2 Å². The van der Waals surface area contributed by atoms with Crippen molar-refractivity contribution in [2.24, 2.45) is 5.92 Å². The van der Waals surface area contributed by atoms with Crippen LogP contribution in [0.25, 0.3) is 0 Å². The van der Waals surface area contributed by atoms with Gasteiger partial charge in [0.25, 0.3) is 5.95 Å². The molecule has 8 heteroatoms. The molecule has 2 N–H and O–H groups in total. The molecule has 0 aliphatic carbocycles. The van der Waals surface area contributed by atoms with Crippen LogP contribution in [0.4, 0.5) is 5.95 Å². The minimum Gasteiger partial charge on any atom is -0.261 e. The van der Waals surface area contributed by atoms with Crippen molar-refractivity contribution in [1.82, 2.24) is 19.5 Å². The van der Waals surface area contributed by atoms with Gasteiger partial charge in [-0.05, 0) is 25.7 Å². The highest BCUT2D eigenvalue weighted by Crippen LogP contribution is 2.18. The number of anilines is 1. The van der Waals surface area contributed by atoms with E-state index in [-0.39, 0.29) is 5.95 Å². The van der Waals surface area contributed by atoms with Crippen LogP contribution in [-0.4, -0.2) is 41.0 Å². The first kappa shape index (κ1) is 12.3. The van der Waals surface area contributed by atoms with E-state index in [2.05, 4.69) is 26.8 Å². The Morgan fingerprint density at radius 2 is 2.29 bits per heavy atom. The van der Waals surface area contributed by atoms with Crippen molar-refractivity contribution in [2.75, 3.05) is 17.8 Å². The molecule has 1 unspecified atom stereocenters. The molecule has 0 radical (unpaired) electrons. The molecule has 1 aromatic rings. The van der Waals surface area contributed by atoms with E-state index in [1.54, 1.807) is 6.92 Å². The quantitative estimate of drug-likeness (QED) is 0.827. The van der Waals surface area contributed by atoms with Gasteiger partial charge in [-0.15, -0.1) is 5.10 Å². The number of hydrogen-bond donors (Lipinski definition) is 2. The van der Waals surface area contributed by atoms with Gasteiger partial charge in [0.1, 0.15) is 5.82 Å². The number of H-pyrrole nitrogens is 1. The van der Waals surface area contributed by atoms with Crippen LogP contribution in [0.15, 0.2) is 0 Å². The second-order valence-corrected chi connectivity index (χ2v) is 6.13. The summed E-state index contributed by atoms with van der Waals surface area (Å²) in [5.74, 6) is 1.07. The molecular weight excluding hydrogens is 242 g/mol. The first-order valence-electron chi connectivity index (χ1n) is 5.64. The minimum absolute atomic E-state index is 0.0979. The van der Waals surface area contributed by atoms with Crippen molar-refractivity contribution in [3.8, 4) is 0 Å². The summed E-state index contributed by atoms with van der Waals surface area (Å²) in [4.78, 5) is 3.93. The smallest absolute Gasteiger partial charge is 0.261 e. The highest BCUT2D eigenvalue weighted by atomic mass is 32.2. The summed E-state index contributed by atoms with van der Waals surface area (Å²) < 4.78 is 27.9. The monoisotopic (exact) mass is 259 g/mol. The lowest BCUT2D eigenvalue weighted by atomic mass is 10.0. The Morgan fingerprint density at radius 1 is 1.53 bits per heavy atom. The Labute approximate surface area is 101 Å². The molecule has 0 bridgehead atoms. The second kappa shape index (κ2) is 4.61. The maximum Gasteiger partial charge on any atom is 0.304 e. The summed E-state index contributed by atoms with van der Waals surface area (Å²) in [7, 11) is -3.52. The third kappa shape index (κ3) is 2.95. The summed E-state index contributed by atoms with van der Waals surface area (Å²) in [6.07, 6.45) is 1.97. The Kier molecular flexibility index (Phi) is 3.34. The zero-order chi connectivity index (χ0) is 12.5. The van der Waals surface area contributed by atoms with Gasteiger partial charge in [0.05, 0.1) is 0 Å². The van der Waals surface area contributed by atoms with Crippen molar-refractivity contribution in [2.45, 2.75) is 26.7 Å². The number of hydrogen-bond acceptors (Lipinski definition) is 4. The Bertz CT molecular complexity index is 483. The lowest BCUT2D eigenvalue weighted by Gasteiger charge is -2.29. The summed E-state index contributed by atoms with van der Waals surface area (Å²) in [5, 5.41) is 6.36. The summed E-state index contributed by atoms with van der Waals surface area (Å²) in [6.45, 7) is 4.88. The van der Waals surface area contributed by atoms with Crippen molar-refractivity contribution in [3.63, 3.8) is 0 Å². The fourth-order valence-electron chi connectivity index (χ4n) is 1.93. The highest BCUT2D eigenvalue weighted by molar-refractivity contribution is 7.90. The van der Waals surface area contributed by atoms with Crippen molar-refractivity contribution < 1.29 is 8.42 Å². The second-order valence-electron chi connectivity index (χ2n) is 4.46. The molecule has 7 nitrogen and oxygen atoms in total. The number of piperidine rings is 1. The number of aromatic amines is 1. The maximum absolute atomic E-state index is 12.0. The fourth-order valence-corrected chi connectivity index (χ4v) is 3.20. The number of nitrogens with one attached hydrogen (secondary N) is 2. The normalized spacial score (nSPS) is 22.6. The molecule has 0 spiro atoms. The van der Waals surface area contributed by atoms with Crippen LogP contribution in [0.1, 0.15) is 25.6 Å². The lowest BCUT2D eigenvalue weighted by Crippen LogP contribution is -2.42. The van der Waals surface area contributed by atoms with Gasteiger partial charge in [0.15, 0.2) is 0 Å². The Balaban J connectivity index is 2.08. The summed E-state index contributed by atoms with van der Waals surface area (Å²) in [5.41, 5.74) is 0. The number of nitrogens with zero attached hydrogens (tertiary/aromatic N) is 3. The van der Waals surface area contributed by atoms with Gasteiger partial charge in [0, 0.05) is 13.1 Å². The van der Waals surface area contributed by atoms with E-state index >= 15 is 0 Å². The van der Waals surface area contributed by atoms with Gasteiger partial charge in [-0.25, -0.2) is 4.72 Å². The molecule has 1 saturated heterocycles. The molecule has 1 aliphatic rings. The summed E-state index contributed by atoms with van der Waals surface area (Å²) >= 11 is 0. The van der Waals surface area contributed by atoms with Gasteiger partial charge in [-0.1, -0.05) is 6.92 Å². The first-order valence-corrected chi connectivity index (χ1v) is 7.08. The molecule has 1 aliphatic heterocycles. The minimum atomic E-state index is -3.52. The molecule has 1 fully saturated rings. The predicted molar refractivity (Wildman–Crippen MR) is 63.6 cm³/mol. The molecule has 17 heavy (non-hydrogen) atoms. The standard InChI is InChI=1S/C9H17N5O2S/c1-7-4-3-5-14(6-7)17(15,16)13-9-10-8(2)11-12-9/h7H,3-6H2,1-2H3,(H2,10,11,12,13). The number of aromatic nitrogens is 3. The average Bonchev–Trinajstić information content (AvgIpc) is 2.63. The molecule has 96 valence electrons. The third-order valence-corrected chi connectivity index (χ3v) is 4.23. The van der Waals surface area contributed by atoms with E-state index < -0.39 is 10.2 Å². The van der Waals surface area contributed by atoms with Crippen molar-refractivity contribution in [3.05, 3.63) is 5.82 Å². The SMILES string of the molecule is Cc1nc(NS(=O)(=O)N2CCCC(C)C2)n[nH]1. The van der Waals surface area contributed by atoms with Crippen LogP contribution in [0, 0.1) is 12.8 Å². The average molecular weight is 259 g/mol. The maximum atomic E-state index is 12.0. The zero-order valence-electron chi connectivity index (χ0n) is 9.97. The van der Waals surface area contributed by atoms with Gasteiger partial charge in [-0.2, -0.15) is 17.7 Å². The fraction of sp³-hybridized carbons (Fsp3) is 0.778. The zero-order valence-corrected chi connectivity index (χ0v) is 10.8. The van der Waals surface area contributed by atoms with E-state index in [0.29, 0.717) is 24.8 Å². The van der Waals surface area contributed by atoms with Crippen molar-refractivity contribution in [1.29, 1.82) is 0 Å². The Morgan fingerprint density at radius 3 is 2.88 bits per heavy atom. The molecule has 2 heterocycles. The molecule has 0 aromatic carbocycles. The summed E-state index contributed by atoms with van der Waals surface area (Å²) in [6, 6.07) is 0. The lowest BCUT2D eigenvalue weighted by molar-refractivity contribution is 0.282. The van der Waals surface area contributed by atoms with E-state index in [9.17, 15) is 8.42 Å². The van der Waals surface area contributed by atoms with Gasteiger partial charge in [-0.3, -0.25) is 5.10 Å². The van der Waals surface area contributed by atoms with Crippen LogP contribution in [0.2, 0.25) is 0 Å². The number of aryl methyl sites for hydroxylation is 1. The van der Waals surface area contributed by atoms with Crippen molar-refractivity contribution >= 4 is 16.2 Å². The van der Waals surface area contributed by atoms with Crippen LogP contribution in [0.3, 0.4) is 0 Å². The first-order chi connectivity index (χ1) is 7.97. The van der Waals surface area contributed by atoms with E-state index in [4.69, 9.17) is 0 Å². The topological polar surface area (TPSA) is 91.0 Å². The van der Waals surface area contributed by atoms with Gasteiger partial charge < -0.3 is 0 Å². The Hall–Kier alpha value is -1.15. The van der Waals surface area contributed by atoms with E-state index in [0.717, 1.165) is 12.8 Å². The van der Waals surface area contributed by atoms with Crippen LogP contribution in [-0.2, 0) is 10.2 Å². The van der Waals surface area contributed by atoms with Crippen LogP contribution >= 0.6 is 0 Å². The third-order valence-electron chi connectivity index (χ3n) is 2.78. The molecule has 1 aromatic heterocycles. The highest BCUT2D eigenvalue weighted by Gasteiger charge is 2.27. The van der Waals surface area contributed by atoms with Crippen LogP contribution in [0.5, 0.6) is 0 Å². The molecule has 2 rings (SSSR count). The van der Waals surface area contributed by atoms with Crippen LogP contribution < -0.4 is 4.72 Å². The number of rotatable bonds is 3. The largest absolute Gasteiger partial charge is 0.304 e. The van der Waals surface area contributed by atoms with E-state index in [1.165, 1.54) is 4.31 Å². The molecule has 0 amide bonds.